The maximum atomic E-state index is 12.0. The lowest BCUT2D eigenvalue weighted by Gasteiger charge is -2.13. The van der Waals surface area contributed by atoms with Crippen molar-refractivity contribution in [2.75, 3.05) is 14.1 Å². The molecule has 7 nitrogen and oxygen atoms in total. The quantitative estimate of drug-likeness (QED) is 0.509. The van der Waals surface area contributed by atoms with Crippen LogP contribution in [0.3, 0.4) is 0 Å². The van der Waals surface area contributed by atoms with Gasteiger partial charge in [-0.1, -0.05) is 6.07 Å². The minimum absolute atomic E-state index is 0.0578. The van der Waals surface area contributed by atoms with Gasteiger partial charge in [0, 0.05) is 19.7 Å². The molecule has 0 saturated carbocycles. The zero-order valence-electron chi connectivity index (χ0n) is 11.2. The summed E-state index contributed by atoms with van der Waals surface area (Å²) >= 11 is 0. The van der Waals surface area contributed by atoms with Gasteiger partial charge in [-0.2, -0.15) is 4.99 Å². The average Bonchev–Trinajstić information content (AvgIpc) is 2.29. The molecule has 1 rings (SSSR count). The standard InChI is InChI=1S/C12H18N6O/c1-7-8(10(19)18(2)3)5-4-6-9(7)16-12(15)17-11(13)14/h4-6H,1-3H3,(H6,13,14,15,16,17). The molecule has 0 aromatic heterocycles. The summed E-state index contributed by atoms with van der Waals surface area (Å²) in [6.45, 7) is 1.79. The molecule has 0 aliphatic carbocycles. The van der Waals surface area contributed by atoms with Crippen molar-refractivity contribution in [3.05, 3.63) is 29.3 Å². The minimum Gasteiger partial charge on any atom is -0.370 e. The summed E-state index contributed by atoms with van der Waals surface area (Å²) in [7, 11) is 3.37. The molecule has 0 bridgehead atoms. The zero-order chi connectivity index (χ0) is 14.6. The smallest absolute Gasteiger partial charge is 0.253 e. The van der Waals surface area contributed by atoms with E-state index in [1.54, 1.807) is 39.2 Å². The lowest BCUT2D eigenvalue weighted by molar-refractivity contribution is 0.0827. The number of guanidine groups is 2. The number of rotatable bonds is 2. The van der Waals surface area contributed by atoms with Crippen LogP contribution < -0.4 is 17.2 Å². The van der Waals surface area contributed by atoms with Crippen LogP contribution in [0.4, 0.5) is 5.69 Å². The van der Waals surface area contributed by atoms with Crippen LogP contribution in [0.25, 0.3) is 0 Å². The number of nitrogens with zero attached hydrogens (tertiary/aromatic N) is 3. The van der Waals surface area contributed by atoms with E-state index in [1.165, 1.54) is 4.90 Å². The Kier molecular flexibility index (Phi) is 4.46. The Morgan fingerprint density at radius 1 is 1.21 bits per heavy atom. The Morgan fingerprint density at radius 2 is 1.84 bits per heavy atom. The second kappa shape index (κ2) is 5.85. The Hall–Kier alpha value is -2.57. The van der Waals surface area contributed by atoms with Crippen molar-refractivity contribution in [1.29, 1.82) is 0 Å². The van der Waals surface area contributed by atoms with E-state index in [1.807, 2.05) is 0 Å². The highest BCUT2D eigenvalue weighted by molar-refractivity contribution is 5.97. The third-order valence-electron chi connectivity index (χ3n) is 2.42. The molecule has 0 fully saturated rings. The molecule has 0 heterocycles. The molecule has 1 aromatic carbocycles. The maximum absolute atomic E-state index is 12.0. The number of hydrogen-bond donors (Lipinski definition) is 3. The zero-order valence-corrected chi connectivity index (χ0v) is 11.2. The van der Waals surface area contributed by atoms with E-state index in [2.05, 4.69) is 9.98 Å². The fourth-order valence-corrected chi connectivity index (χ4v) is 1.50. The molecule has 0 aliphatic heterocycles. The highest BCUT2D eigenvalue weighted by Crippen LogP contribution is 2.22. The fourth-order valence-electron chi connectivity index (χ4n) is 1.50. The van der Waals surface area contributed by atoms with Crippen LogP contribution in [0.1, 0.15) is 15.9 Å². The van der Waals surface area contributed by atoms with E-state index in [4.69, 9.17) is 17.2 Å². The first-order valence-corrected chi connectivity index (χ1v) is 5.58. The summed E-state index contributed by atoms with van der Waals surface area (Å²) in [5.41, 5.74) is 17.8. The van der Waals surface area contributed by atoms with Gasteiger partial charge in [0.05, 0.1) is 5.69 Å². The van der Waals surface area contributed by atoms with Crippen LogP contribution in [0.5, 0.6) is 0 Å². The molecule has 0 unspecified atom stereocenters. The van der Waals surface area contributed by atoms with Crippen LogP contribution in [-0.2, 0) is 0 Å². The van der Waals surface area contributed by atoms with Gasteiger partial charge in [0.15, 0.2) is 5.96 Å². The molecule has 0 saturated heterocycles. The Labute approximate surface area is 111 Å². The summed E-state index contributed by atoms with van der Waals surface area (Å²) in [6, 6.07) is 5.19. The van der Waals surface area contributed by atoms with E-state index in [0.717, 1.165) is 5.56 Å². The average molecular weight is 262 g/mol. The van der Waals surface area contributed by atoms with Gasteiger partial charge in [-0.3, -0.25) is 4.79 Å². The topological polar surface area (TPSA) is 123 Å². The number of amides is 1. The van der Waals surface area contributed by atoms with Gasteiger partial charge in [-0.15, -0.1) is 0 Å². The molecule has 6 N–H and O–H groups in total. The number of benzene rings is 1. The van der Waals surface area contributed by atoms with E-state index < -0.39 is 0 Å². The van der Waals surface area contributed by atoms with E-state index in [-0.39, 0.29) is 17.8 Å². The van der Waals surface area contributed by atoms with Crippen molar-refractivity contribution in [3.63, 3.8) is 0 Å². The molecule has 1 aromatic rings. The minimum atomic E-state index is -0.167. The maximum Gasteiger partial charge on any atom is 0.253 e. The monoisotopic (exact) mass is 262 g/mol. The summed E-state index contributed by atoms with van der Waals surface area (Å²) in [6.07, 6.45) is 0. The highest BCUT2D eigenvalue weighted by atomic mass is 16.2. The lowest BCUT2D eigenvalue weighted by Crippen LogP contribution is -2.26. The van der Waals surface area contributed by atoms with Crippen molar-refractivity contribution in [3.8, 4) is 0 Å². The molecule has 0 aliphatic rings. The third-order valence-corrected chi connectivity index (χ3v) is 2.42. The van der Waals surface area contributed by atoms with Crippen LogP contribution >= 0.6 is 0 Å². The predicted molar refractivity (Wildman–Crippen MR) is 76.3 cm³/mol. The van der Waals surface area contributed by atoms with Crippen LogP contribution in [0.2, 0.25) is 0 Å². The number of carbonyl (C=O) groups excluding carboxylic acids is 1. The van der Waals surface area contributed by atoms with Gasteiger partial charge in [0.25, 0.3) is 5.91 Å². The predicted octanol–water partition coefficient (Wildman–Crippen LogP) is -0.0836. The summed E-state index contributed by atoms with van der Waals surface area (Å²) in [4.78, 5) is 21.2. The molecule has 1 amide bonds. The van der Waals surface area contributed by atoms with E-state index in [9.17, 15) is 4.79 Å². The van der Waals surface area contributed by atoms with Crippen LogP contribution in [0, 0.1) is 6.92 Å². The first-order valence-electron chi connectivity index (χ1n) is 5.58. The third kappa shape index (κ3) is 3.70. The van der Waals surface area contributed by atoms with Crippen molar-refractivity contribution < 1.29 is 4.79 Å². The molecule has 7 heteroatoms. The van der Waals surface area contributed by atoms with Gasteiger partial charge in [-0.05, 0) is 24.6 Å². The van der Waals surface area contributed by atoms with Gasteiger partial charge in [0.2, 0.25) is 5.96 Å². The fraction of sp³-hybridized carbons (Fsp3) is 0.250. The van der Waals surface area contributed by atoms with Crippen molar-refractivity contribution in [2.45, 2.75) is 6.92 Å². The van der Waals surface area contributed by atoms with Crippen molar-refractivity contribution in [1.82, 2.24) is 4.90 Å². The van der Waals surface area contributed by atoms with Crippen molar-refractivity contribution in [2.24, 2.45) is 27.2 Å². The van der Waals surface area contributed by atoms with Gasteiger partial charge < -0.3 is 22.1 Å². The largest absolute Gasteiger partial charge is 0.370 e. The normalized spacial score (nSPS) is 11.0. The summed E-state index contributed by atoms with van der Waals surface area (Å²) in [5, 5.41) is 0. The summed E-state index contributed by atoms with van der Waals surface area (Å²) < 4.78 is 0. The van der Waals surface area contributed by atoms with Crippen LogP contribution in [-0.4, -0.2) is 36.8 Å². The Bertz CT molecular complexity index is 543. The van der Waals surface area contributed by atoms with Gasteiger partial charge in [-0.25, -0.2) is 4.99 Å². The SMILES string of the molecule is Cc1c(N=C(N)N=C(N)N)cccc1C(=O)N(C)C. The lowest BCUT2D eigenvalue weighted by atomic mass is 10.1. The highest BCUT2D eigenvalue weighted by Gasteiger charge is 2.13. The number of aliphatic imine (C=N–C) groups is 2. The van der Waals surface area contributed by atoms with E-state index in [0.29, 0.717) is 11.3 Å². The molecular formula is C12H18N6O. The first kappa shape index (κ1) is 14.5. The number of carbonyl (C=O) groups is 1. The first-order chi connectivity index (χ1) is 8.82. The molecule has 0 radical (unpaired) electrons. The Balaban J connectivity index is 3.22. The van der Waals surface area contributed by atoms with E-state index >= 15 is 0 Å². The molecular weight excluding hydrogens is 244 g/mol. The second-order valence-corrected chi connectivity index (χ2v) is 4.16. The summed E-state index contributed by atoms with van der Waals surface area (Å²) in [5.74, 6) is -0.327. The van der Waals surface area contributed by atoms with Crippen LogP contribution in [0.15, 0.2) is 28.2 Å². The Morgan fingerprint density at radius 3 is 2.37 bits per heavy atom. The molecule has 102 valence electrons. The number of hydrogen-bond acceptors (Lipinski definition) is 2. The second-order valence-electron chi connectivity index (χ2n) is 4.16. The molecule has 0 atom stereocenters. The van der Waals surface area contributed by atoms with Gasteiger partial charge in [0.1, 0.15) is 0 Å². The van der Waals surface area contributed by atoms with Crippen molar-refractivity contribution >= 4 is 23.5 Å². The molecule has 19 heavy (non-hydrogen) atoms. The van der Waals surface area contributed by atoms with Gasteiger partial charge >= 0.3 is 0 Å². The number of nitrogens with two attached hydrogens (primary N) is 3. The molecule has 0 spiro atoms.